The van der Waals surface area contributed by atoms with Crippen molar-refractivity contribution in [1.29, 1.82) is 0 Å². The Morgan fingerprint density at radius 2 is 1.97 bits per heavy atom. The number of guanidine groups is 1. The number of aryl methyl sites for hydroxylation is 1. The molecule has 0 spiro atoms. The molecule has 0 saturated carbocycles. The van der Waals surface area contributed by atoms with Crippen molar-refractivity contribution in [2.45, 2.75) is 49.8 Å². The number of nitrogens with zero attached hydrogens (tertiary/aromatic N) is 3. The van der Waals surface area contributed by atoms with Gasteiger partial charge in [-0.25, -0.2) is 4.98 Å². The summed E-state index contributed by atoms with van der Waals surface area (Å²) in [5.74, 6) is 2.02. The van der Waals surface area contributed by atoms with Gasteiger partial charge in [0.25, 0.3) is 0 Å². The molecule has 6 heteroatoms. The zero-order chi connectivity index (χ0) is 20.5. The molecule has 0 amide bonds. The van der Waals surface area contributed by atoms with E-state index in [-0.39, 0.29) is 0 Å². The van der Waals surface area contributed by atoms with E-state index < -0.39 is 0 Å². The Hall–Kier alpha value is -2.21. The largest absolute Gasteiger partial charge is 0.357 e. The summed E-state index contributed by atoms with van der Waals surface area (Å²) in [5, 5.41) is 7.47. The molecule has 1 saturated heterocycles. The van der Waals surface area contributed by atoms with Crippen molar-refractivity contribution in [2.75, 3.05) is 31.1 Å². The van der Waals surface area contributed by atoms with Gasteiger partial charge in [0.05, 0.1) is 6.54 Å². The van der Waals surface area contributed by atoms with E-state index in [0.29, 0.717) is 11.3 Å². The summed E-state index contributed by atoms with van der Waals surface area (Å²) in [6.45, 7) is 10.1. The Kier molecular flexibility index (Phi) is 8.23. The van der Waals surface area contributed by atoms with E-state index in [1.807, 2.05) is 18.0 Å². The van der Waals surface area contributed by atoms with Gasteiger partial charge >= 0.3 is 0 Å². The summed E-state index contributed by atoms with van der Waals surface area (Å²) in [7, 11) is 0. The Morgan fingerprint density at radius 1 is 1.21 bits per heavy atom. The van der Waals surface area contributed by atoms with E-state index >= 15 is 0 Å². The van der Waals surface area contributed by atoms with E-state index in [9.17, 15) is 0 Å². The molecule has 5 nitrogen and oxygen atoms in total. The van der Waals surface area contributed by atoms with Gasteiger partial charge in [-0.3, -0.25) is 4.99 Å². The van der Waals surface area contributed by atoms with Crippen molar-refractivity contribution in [3.05, 3.63) is 54.2 Å². The second-order valence-electron chi connectivity index (χ2n) is 7.56. The average Bonchev–Trinajstić information content (AvgIpc) is 2.74. The summed E-state index contributed by atoms with van der Waals surface area (Å²) < 4.78 is 0. The summed E-state index contributed by atoms with van der Waals surface area (Å²) >= 11 is 1.87. The van der Waals surface area contributed by atoms with Crippen LogP contribution in [0.15, 0.2) is 58.5 Å². The molecular formula is C23H33N5S. The highest BCUT2D eigenvalue weighted by Crippen LogP contribution is 2.22. The van der Waals surface area contributed by atoms with E-state index in [0.717, 1.165) is 50.8 Å². The first kappa shape index (κ1) is 21.5. The zero-order valence-corrected chi connectivity index (χ0v) is 18.6. The highest BCUT2D eigenvalue weighted by molar-refractivity contribution is 8.00. The minimum atomic E-state index is 0.433. The molecule has 1 unspecified atom stereocenters. The second kappa shape index (κ2) is 11.1. The SMILES string of the molecule is CCNC(=NCC(C)Sc1ccccc1)NC1CCN(c2ccc(C)cn2)CC1. The highest BCUT2D eigenvalue weighted by Gasteiger charge is 2.21. The number of nitrogens with one attached hydrogen (secondary N) is 2. The summed E-state index contributed by atoms with van der Waals surface area (Å²) in [5.41, 5.74) is 1.21. The number of aromatic nitrogens is 1. The monoisotopic (exact) mass is 411 g/mol. The summed E-state index contributed by atoms with van der Waals surface area (Å²) in [6, 6.07) is 15.3. The fourth-order valence-corrected chi connectivity index (χ4v) is 4.33. The van der Waals surface area contributed by atoms with Crippen LogP contribution < -0.4 is 15.5 Å². The number of rotatable bonds is 7. The molecule has 1 aromatic heterocycles. The maximum atomic E-state index is 4.84. The van der Waals surface area contributed by atoms with Gasteiger partial charge in [0.2, 0.25) is 0 Å². The van der Waals surface area contributed by atoms with Gasteiger partial charge in [-0.15, -0.1) is 11.8 Å². The fraction of sp³-hybridized carbons (Fsp3) is 0.478. The number of benzene rings is 1. The predicted octanol–water partition coefficient (Wildman–Crippen LogP) is 4.09. The van der Waals surface area contributed by atoms with Gasteiger partial charge < -0.3 is 15.5 Å². The molecule has 3 rings (SSSR count). The fourth-order valence-electron chi connectivity index (χ4n) is 3.40. The standard InChI is InChI=1S/C23H33N5S/c1-4-24-23(26-17-19(3)29-21-8-6-5-7-9-21)27-20-12-14-28(15-13-20)22-11-10-18(2)16-25-22/h5-11,16,19-20H,4,12-15,17H2,1-3H3,(H2,24,26,27). The molecule has 0 aliphatic carbocycles. The molecular weight excluding hydrogens is 378 g/mol. The van der Waals surface area contributed by atoms with Crippen LogP contribution in [0, 0.1) is 6.92 Å². The molecule has 156 valence electrons. The quantitative estimate of drug-likeness (QED) is 0.408. The molecule has 1 fully saturated rings. The normalized spacial score (nSPS) is 16.5. The Bertz CT molecular complexity index is 755. The molecule has 0 bridgehead atoms. The summed E-state index contributed by atoms with van der Waals surface area (Å²) in [4.78, 5) is 13.1. The second-order valence-corrected chi connectivity index (χ2v) is 9.07. The molecule has 2 aromatic rings. The summed E-state index contributed by atoms with van der Waals surface area (Å²) in [6.07, 6.45) is 4.13. The van der Waals surface area contributed by atoms with Crippen LogP contribution in [0.3, 0.4) is 0 Å². The molecule has 2 heterocycles. The minimum absolute atomic E-state index is 0.433. The van der Waals surface area contributed by atoms with Crippen LogP contribution in [0.2, 0.25) is 0 Å². The molecule has 1 aliphatic heterocycles. The predicted molar refractivity (Wildman–Crippen MR) is 125 cm³/mol. The third kappa shape index (κ3) is 6.96. The first-order valence-corrected chi connectivity index (χ1v) is 11.5. The van der Waals surface area contributed by atoms with Gasteiger partial charge in [0, 0.05) is 42.0 Å². The van der Waals surface area contributed by atoms with Crippen molar-refractivity contribution in [3.63, 3.8) is 0 Å². The number of aliphatic imine (C=N–C) groups is 1. The maximum Gasteiger partial charge on any atom is 0.191 e. The van der Waals surface area contributed by atoms with Crippen molar-refractivity contribution in [1.82, 2.24) is 15.6 Å². The Labute approximate surface area is 179 Å². The minimum Gasteiger partial charge on any atom is -0.357 e. The van der Waals surface area contributed by atoms with Crippen LogP contribution in [-0.4, -0.2) is 48.4 Å². The lowest BCUT2D eigenvalue weighted by atomic mass is 10.1. The number of thioether (sulfide) groups is 1. The Morgan fingerprint density at radius 3 is 2.62 bits per heavy atom. The molecule has 1 aliphatic rings. The van der Waals surface area contributed by atoms with Crippen molar-refractivity contribution in [2.24, 2.45) is 4.99 Å². The van der Waals surface area contributed by atoms with E-state index in [1.54, 1.807) is 0 Å². The van der Waals surface area contributed by atoms with Crippen LogP contribution in [0.1, 0.15) is 32.3 Å². The Balaban J connectivity index is 1.48. The zero-order valence-electron chi connectivity index (χ0n) is 17.8. The van der Waals surface area contributed by atoms with Crippen LogP contribution >= 0.6 is 11.8 Å². The lowest BCUT2D eigenvalue weighted by Gasteiger charge is -2.34. The van der Waals surface area contributed by atoms with Gasteiger partial charge in [-0.05, 0) is 50.5 Å². The molecule has 1 aromatic carbocycles. The maximum absolute atomic E-state index is 4.84. The average molecular weight is 412 g/mol. The van der Waals surface area contributed by atoms with E-state index in [1.165, 1.54) is 10.5 Å². The lowest BCUT2D eigenvalue weighted by molar-refractivity contribution is 0.459. The van der Waals surface area contributed by atoms with Crippen LogP contribution in [-0.2, 0) is 0 Å². The topological polar surface area (TPSA) is 52.6 Å². The van der Waals surface area contributed by atoms with Crippen LogP contribution in [0.5, 0.6) is 0 Å². The smallest absolute Gasteiger partial charge is 0.191 e. The van der Waals surface area contributed by atoms with Crippen LogP contribution in [0.25, 0.3) is 0 Å². The highest BCUT2D eigenvalue weighted by atomic mass is 32.2. The van der Waals surface area contributed by atoms with E-state index in [2.05, 4.69) is 83.8 Å². The number of pyridine rings is 1. The van der Waals surface area contributed by atoms with Crippen LogP contribution in [0.4, 0.5) is 5.82 Å². The third-order valence-corrected chi connectivity index (χ3v) is 6.08. The molecule has 29 heavy (non-hydrogen) atoms. The number of piperidine rings is 1. The molecule has 1 atom stereocenters. The molecule has 2 N–H and O–H groups in total. The van der Waals surface area contributed by atoms with Crippen molar-refractivity contribution in [3.8, 4) is 0 Å². The third-order valence-electron chi connectivity index (χ3n) is 4.99. The van der Waals surface area contributed by atoms with Gasteiger partial charge in [-0.1, -0.05) is 31.2 Å². The molecule has 0 radical (unpaired) electrons. The van der Waals surface area contributed by atoms with Crippen molar-refractivity contribution < 1.29 is 0 Å². The van der Waals surface area contributed by atoms with Crippen molar-refractivity contribution >= 4 is 23.5 Å². The number of hydrogen-bond acceptors (Lipinski definition) is 4. The van der Waals surface area contributed by atoms with Gasteiger partial charge in [0.15, 0.2) is 5.96 Å². The van der Waals surface area contributed by atoms with Gasteiger partial charge in [0.1, 0.15) is 5.82 Å². The van der Waals surface area contributed by atoms with Gasteiger partial charge in [-0.2, -0.15) is 0 Å². The van der Waals surface area contributed by atoms with E-state index in [4.69, 9.17) is 4.99 Å². The number of anilines is 1. The number of hydrogen-bond donors (Lipinski definition) is 2. The lowest BCUT2D eigenvalue weighted by Crippen LogP contribution is -2.49. The first-order chi connectivity index (χ1) is 14.1. The first-order valence-electron chi connectivity index (χ1n) is 10.6.